The zero-order valence-electron chi connectivity index (χ0n) is 8.80. The molecule has 2 aromatic heterocycles. The van der Waals surface area contributed by atoms with E-state index in [0.29, 0.717) is 11.6 Å². The van der Waals surface area contributed by atoms with Gasteiger partial charge in [-0.15, -0.1) is 0 Å². The third-order valence-electron chi connectivity index (χ3n) is 2.03. The molecular weight excluding hydrogens is 230 g/mol. The van der Waals surface area contributed by atoms with Gasteiger partial charge in [0.15, 0.2) is 5.03 Å². The molecule has 0 radical (unpaired) electrons. The number of aryl methyl sites for hydroxylation is 2. The Hall–Kier alpha value is -1.83. The van der Waals surface area contributed by atoms with E-state index in [-0.39, 0.29) is 5.03 Å². The first-order chi connectivity index (χ1) is 7.49. The average molecular weight is 241 g/mol. The fourth-order valence-corrected chi connectivity index (χ4v) is 2.26. The van der Waals surface area contributed by atoms with Crippen LogP contribution in [0.1, 0.15) is 5.82 Å². The van der Waals surface area contributed by atoms with E-state index in [9.17, 15) is 8.42 Å². The van der Waals surface area contributed by atoms with Crippen LogP contribution in [0.3, 0.4) is 0 Å². The number of anilines is 1. The van der Waals surface area contributed by atoms with Crippen LogP contribution in [0.5, 0.6) is 0 Å². The van der Waals surface area contributed by atoms with E-state index in [4.69, 9.17) is 0 Å². The van der Waals surface area contributed by atoms with Gasteiger partial charge in [0.2, 0.25) is 0 Å². The van der Waals surface area contributed by atoms with Crippen LogP contribution in [0.2, 0.25) is 0 Å². The standard InChI is InChI=1S/C8H11N5O2S/c1-6-9-5-8(11-6)16(14,15)12-7-3-4-10-13(7)2/h3-5,12H,1-2H3,(H,9,11). The number of hydrogen-bond acceptors (Lipinski definition) is 4. The first-order valence-electron chi connectivity index (χ1n) is 4.51. The smallest absolute Gasteiger partial charge is 0.280 e. The number of rotatable bonds is 3. The van der Waals surface area contributed by atoms with Gasteiger partial charge in [-0.3, -0.25) is 9.40 Å². The largest absolute Gasteiger partial charge is 0.332 e. The SMILES string of the molecule is Cc1ncc(S(=O)(=O)Nc2ccnn2C)[nH]1. The Morgan fingerprint density at radius 2 is 2.25 bits per heavy atom. The molecule has 2 rings (SSSR count). The highest BCUT2D eigenvalue weighted by atomic mass is 32.2. The highest BCUT2D eigenvalue weighted by Crippen LogP contribution is 2.12. The Balaban J connectivity index is 2.31. The van der Waals surface area contributed by atoms with Gasteiger partial charge < -0.3 is 4.98 Å². The monoisotopic (exact) mass is 241 g/mol. The van der Waals surface area contributed by atoms with Gasteiger partial charge in [-0.05, 0) is 6.92 Å². The molecule has 2 N–H and O–H groups in total. The Bertz CT molecular complexity index is 597. The number of hydrogen-bond donors (Lipinski definition) is 2. The fourth-order valence-electron chi connectivity index (χ4n) is 1.20. The summed E-state index contributed by atoms with van der Waals surface area (Å²) in [4.78, 5) is 6.49. The van der Waals surface area contributed by atoms with Gasteiger partial charge >= 0.3 is 0 Å². The van der Waals surface area contributed by atoms with Crippen molar-refractivity contribution in [3.8, 4) is 0 Å². The number of aromatic nitrogens is 4. The van der Waals surface area contributed by atoms with Crippen molar-refractivity contribution in [1.29, 1.82) is 0 Å². The van der Waals surface area contributed by atoms with Gasteiger partial charge in [0.05, 0.1) is 12.4 Å². The maximum Gasteiger partial charge on any atom is 0.280 e. The molecule has 8 heteroatoms. The zero-order chi connectivity index (χ0) is 11.8. The van der Waals surface area contributed by atoms with E-state index in [2.05, 4.69) is 19.8 Å². The average Bonchev–Trinajstić information content (AvgIpc) is 2.77. The van der Waals surface area contributed by atoms with E-state index in [0.717, 1.165) is 0 Å². The Kier molecular flexibility index (Phi) is 2.43. The molecule has 0 atom stereocenters. The summed E-state index contributed by atoms with van der Waals surface area (Å²) in [5.41, 5.74) is 0. The van der Waals surface area contributed by atoms with Crippen LogP contribution in [0.15, 0.2) is 23.5 Å². The highest BCUT2D eigenvalue weighted by molar-refractivity contribution is 7.92. The van der Waals surface area contributed by atoms with E-state index in [1.807, 2.05) is 0 Å². The number of nitrogens with one attached hydrogen (secondary N) is 2. The van der Waals surface area contributed by atoms with Gasteiger partial charge in [-0.25, -0.2) is 4.98 Å². The lowest BCUT2D eigenvalue weighted by atomic mass is 10.7. The lowest BCUT2D eigenvalue weighted by Gasteiger charge is -2.05. The molecule has 0 unspecified atom stereocenters. The van der Waals surface area contributed by atoms with Crippen molar-refractivity contribution >= 4 is 15.8 Å². The van der Waals surface area contributed by atoms with Gasteiger partial charge in [0.25, 0.3) is 10.0 Å². The van der Waals surface area contributed by atoms with Crippen LogP contribution in [0.4, 0.5) is 5.82 Å². The summed E-state index contributed by atoms with van der Waals surface area (Å²) >= 11 is 0. The second-order valence-corrected chi connectivity index (χ2v) is 4.93. The van der Waals surface area contributed by atoms with E-state index < -0.39 is 10.0 Å². The van der Waals surface area contributed by atoms with Crippen LogP contribution in [-0.4, -0.2) is 28.2 Å². The summed E-state index contributed by atoms with van der Waals surface area (Å²) < 4.78 is 27.5. The second-order valence-electron chi connectivity index (χ2n) is 3.28. The molecule has 2 heterocycles. The molecule has 0 aliphatic rings. The molecule has 7 nitrogen and oxygen atoms in total. The van der Waals surface area contributed by atoms with Crippen molar-refractivity contribution in [3.63, 3.8) is 0 Å². The van der Waals surface area contributed by atoms with E-state index in [1.165, 1.54) is 17.1 Å². The maximum atomic E-state index is 11.8. The summed E-state index contributed by atoms with van der Waals surface area (Å²) in [5.74, 6) is 0.942. The van der Waals surface area contributed by atoms with Crippen molar-refractivity contribution in [3.05, 3.63) is 24.3 Å². The van der Waals surface area contributed by atoms with Gasteiger partial charge in [0, 0.05) is 13.1 Å². The number of nitrogens with zero attached hydrogens (tertiary/aromatic N) is 3. The molecule has 16 heavy (non-hydrogen) atoms. The third kappa shape index (κ3) is 1.91. The Morgan fingerprint density at radius 1 is 1.50 bits per heavy atom. The number of aromatic amines is 1. The van der Waals surface area contributed by atoms with Crippen molar-refractivity contribution in [1.82, 2.24) is 19.7 Å². The quantitative estimate of drug-likeness (QED) is 0.805. The van der Waals surface area contributed by atoms with Crippen LogP contribution in [0, 0.1) is 6.92 Å². The summed E-state index contributed by atoms with van der Waals surface area (Å²) in [7, 11) is -1.96. The number of imidazole rings is 1. The van der Waals surface area contributed by atoms with Gasteiger partial charge in [0.1, 0.15) is 11.6 Å². The molecule has 0 spiro atoms. The maximum absolute atomic E-state index is 11.8. The molecule has 0 amide bonds. The van der Waals surface area contributed by atoms with Crippen molar-refractivity contribution in [2.24, 2.45) is 7.05 Å². The van der Waals surface area contributed by atoms with Crippen LogP contribution < -0.4 is 4.72 Å². The van der Waals surface area contributed by atoms with E-state index in [1.54, 1.807) is 20.0 Å². The van der Waals surface area contributed by atoms with Gasteiger partial charge in [-0.1, -0.05) is 0 Å². The molecule has 0 bridgehead atoms. The van der Waals surface area contributed by atoms with Crippen molar-refractivity contribution in [2.75, 3.05) is 4.72 Å². The highest BCUT2D eigenvalue weighted by Gasteiger charge is 2.17. The Morgan fingerprint density at radius 3 is 2.75 bits per heavy atom. The van der Waals surface area contributed by atoms with E-state index >= 15 is 0 Å². The molecule has 86 valence electrons. The van der Waals surface area contributed by atoms with Crippen molar-refractivity contribution < 1.29 is 8.42 Å². The summed E-state index contributed by atoms with van der Waals surface area (Å²) in [6.07, 6.45) is 2.78. The lowest BCUT2D eigenvalue weighted by molar-refractivity contribution is 0.597. The predicted molar refractivity (Wildman–Crippen MR) is 57.3 cm³/mol. The van der Waals surface area contributed by atoms with Crippen LogP contribution >= 0.6 is 0 Å². The van der Waals surface area contributed by atoms with Crippen molar-refractivity contribution in [2.45, 2.75) is 11.9 Å². The number of H-pyrrole nitrogens is 1. The minimum absolute atomic E-state index is 0.0335. The first-order valence-corrected chi connectivity index (χ1v) is 6.00. The van der Waals surface area contributed by atoms with Crippen LogP contribution in [0.25, 0.3) is 0 Å². The summed E-state index contributed by atoms with van der Waals surface area (Å²) in [6, 6.07) is 1.57. The minimum atomic E-state index is -3.61. The van der Waals surface area contributed by atoms with Crippen LogP contribution in [-0.2, 0) is 17.1 Å². The molecule has 0 fully saturated rings. The topological polar surface area (TPSA) is 92.7 Å². The minimum Gasteiger partial charge on any atom is -0.332 e. The third-order valence-corrected chi connectivity index (χ3v) is 3.29. The second kappa shape index (κ2) is 3.63. The summed E-state index contributed by atoms with van der Waals surface area (Å²) in [5, 5.41) is 3.90. The normalized spacial score (nSPS) is 11.6. The fraction of sp³-hybridized carbons (Fsp3) is 0.250. The first kappa shape index (κ1) is 10.7. The Labute approximate surface area is 92.6 Å². The predicted octanol–water partition coefficient (Wildman–Crippen LogP) is 0.252. The summed E-state index contributed by atoms with van der Waals surface area (Å²) in [6.45, 7) is 1.68. The number of sulfonamides is 1. The molecule has 0 saturated carbocycles. The zero-order valence-corrected chi connectivity index (χ0v) is 9.61. The lowest BCUT2D eigenvalue weighted by Crippen LogP contribution is -2.15. The molecule has 0 aromatic carbocycles. The molecule has 0 saturated heterocycles. The molecule has 0 aliphatic carbocycles. The molecule has 0 aliphatic heterocycles. The molecular formula is C8H11N5O2S. The van der Waals surface area contributed by atoms with Gasteiger partial charge in [-0.2, -0.15) is 13.5 Å². The molecule has 2 aromatic rings.